The van der Waals surface area contributed by atoms with E-state index >= 15 is 0 Å². The van der Waals surface area contributed by atoms with Crippen LogP contribution in [0.15, 0.2) is 22.7 Å². The van der Waals surface area contributed by atoms with Gasteiger partial charge in [0.25, 0.3) is 0 Å². The Morgan fingerprint density at radius 3 is 2.59 bits per heavy atom. The molecule has 0 radical (unpaired) electrons. The number of phenolic OH excluding ortho intramolecular Hbond substituents is 1. The number of rotatable bonds is 8. The maximum atomic E-state index is 9.35. The van der Waals surface area contributed by atoms with Gasteiger partial charge in [0.05, 0.1) is 4.47 Å². The first-order valence-electron chi connectivity index (χ1n) is 6.03. The fourth-order valence-electron chi connectivity index (χ4n) is 1.61. The monoisotopic (exact) mass is 301 g/mol. The highest BCUT2D eigenvalue weighted by Gasteiger charge is 1.99. The zero-order valence-electron chi connectivity index (χ0n) is 9.95. The number of aliphatic hydroxyl groups excluding tert-OH is 1. The van der Waals surface area contributed by atoms with Crippen molar-refractivity contribution in [1.82, 2.24) is 5.32 Å². The van der Waals surface area contributed by atoms with E-state index in [1.807, 2.05) is 12.1 Å². The second-order valence-electron chi connectivity index (χ2n) is 4.10. The molecule has 0 spiro atoms. The number of hydrogen-bond donors (Lipinski definition) is 3. The quantitative estimate of drug-likeness (QED) is 0.647. The Bertz CT molecular complexity index is 331. The van der Waals surface area contributed by atoms with Gasteiger partial charge in [-0.2, -0.15) is 0 Å². The lowest BCUT2D eigenvalue weighted by Crippen LogP contribution is -2.14. The van der Waals surface area contributed by atoms with Crippen molar-refractivity contribution in [1.29, 1.82) is 0 Å². The van der Waals surface area contributed by atoms with Crippen LogP contribution in [-0.2, 0) is 6.54 Å². The molecule has 0 saturated heterocycles. The summed E-state index contributed by atoms with van der Waals surface area (Å²) in [5.74, 6) is 0.276. The average Bonchev–Trinajstić information content (AvgIpc) is 2.32. The molecule has 0 bridgehead atoms. The molecule has 96 valence electrons. The number of halogens is 1. The van der Waals surface area contributed by atoms with Crippen molar-refractivity contribution >= 4 is 15.9 Å². The van der Waals surface area contributed by atoms with Gasteiger partial charge in [-0.15, -0.1) is 0 Å². The zero-order valence-corrected chi connectivity index (χ0v) is 11.5. The van der Waals surface area contributed by atoms with Gasteiger partial charge in [0, 0.05) is 13.2 Å². The summed E-state index contributed by atoms with van der Waals surface area (Å²) >= 11 is 3.30. The highest BCUT2D eigenvalue weighted by atomic mass is 79.9. The fourth-order valence-corrected chi connectivity index (χ4v) is 2.03. The maximum absolute atomic E-state index is 9.35. The topological polar surface area (TPSA) is 52.5 Å². The van der Waals surface area contributed by atoms with Gasteiger partial charge in [-0.25, -0.2) is 0 Å². The minimum absolute atomic E-state index is 0.276. The number of aliphatic hydroxyl groups is 1. The van der Waals surface area contributed by atoms with Crippen molar-refractivity contribution in [3.63, 3.8) is 0 Å². The van der Waals surface area contributed by atoms with Crippen LogP contribution in [0.4, 0.5) is 0 Å². The molecule has 0 heterocycles. The Hall–Kier alpha value is -0.580. The molecule has 3 nitrogen and oxygen atoms in total. The van der Waals surface area contributed by atoms with Gasteiger partial charge in [-0.3, -0.25) is 0 Å². The minimum atomic E-state index is 0.276. The molecule has 0 aromatic heterocycles. The summed E-state index contributed by atoms with van der Waals surface area (Å²) in [4.78, 5) is 0. The highest BCUT2D eigenvalue weighted by Crippen LogP contribution is 2.24. The molecule has 0 saturated carbocycles. The van der Waals surface area contributed by atoms with Crippen LogP contribution < -0.4 is 5.32 Å². The number of benzene rings is 1. The van der Waals surface area contributed by atoms with Crippen LogP contribution in [0.3, 0.4) is 0 Å². The van der Waals surface area contributed by atoms with Gasteiger partial charge in [0.1, 0.15) is 5.75 Å². The molecule has 3 N–H and O–H groups in total. The molecule has 17 heavy (non-hydrogen) atoms. The van der Waals surface area contributed by atoms with E-state index in [1.165, 1.54) is 0 Å². The Kier molecular flexibility index (Phi) is 7.24. The molecule has 0 unspecified atom stereocenters. The van der Waals surface area contributed by atoms with Gasteiger partial charge < -0.3 is 15.5 Å². The molecular weight excluding hydrogens is 282 g/mol. The lowest BCUT2D eigenvalue weighted by atomic mass is 10.2. The van der Waals surface area contributed by atoms with Crippen molar-refractivity contribution < 1.29 is 10.2 Å². The maximum Gasteiger partial charge on any atom is 0.129 e. The summed E-state index contributed by atoms with van der Waals surface area (Å²) in [6.07, 6.45) is 4.31. The minimum Gasteiger partial charge on any atom is -0.507 e. The third-order valence-corrected chi connectivity index (χ3v) is 3.24. The fraction of sp³-hybridized carbons (Fsp3) is 0.538. The lowest BCUT2D eigenvalue weighted by Gasteiger charge is -2.06. The van der Waals surface area contributed by atoms with Crippen molar-refractivity contribution in [2.24, 2.45) is 0 Å². The first-order valence-corrected chi connectivity index (χ1v) is 6.82. The predicted molar refractivity (Wildman–Crippen MR) is 73.1 cm³/mol. The van der Waals surface area contributed by atoms with Crippen molar-refractivity contribution in [3.05, 3.63) is 28.2 Å². The van der Waals surface area contributed by atoms with Crippen LogP contribution >= 0.6 is 15.9 Å². The Morgan fingerprint density at radius 1 is 1.12 bits per heavy atom. The van der Waals surface area contributed by atoms with E-state index in [1.54, 1.807) is 6.07 Å². The Balaban J connectivity index is 2.11. The van der Waals surface area contributed by atoms with Crippen LogP contribution in [0.1, 0.15) is 31.2 Å². The summed E-state index contributed by atoms with van der Waals surface area (Å²) in [5.41, 5.74) is 1.16. The average molecular weight is 302 g/mol. The van der Waals surface area contributed by atoms with Crippen LogP contribution in [0, 0.1) is 0 Å². The number of unbranched alkanes of at least 4 members (excludes halogenated alkanes) is 3. The molecule has 0 aliphatic heterocycles. The van der Waals surface area contributed by atoms with Crippen LogP contribution in [-0.4, -0.2) is 23.4 Å². The smallest absolute Gasteiger partial charge is 0.129 e. The van der Waals surface area contributed by atoms with Crippen LogP contribution in [0.2, 0.25) is 0 Å². The number of phenols is 1. The van der Waals surface area contributed by atoms with Gasteiger partial charge in [-0.1, -0.05) is 18.9 Å². The Labute approximate surface area is 111 Å². The standard InChI is InChI=1S/C13H20BrNO2/c14-12-9-11(5-6-13(12)17)10-15-7-3-1-2-4-8-16/h5-6,9,15-17H,1-4,7-8,10H2. The summed E-state index contributed by atoms with van der Waals surface area (Å²) in [5, 5.41) is 21.3. The number of aromatic hydroxyl groups is 1. The first-order chi connectivity index (χ1) is 8.24. The van der Waals surface area contributed by atoms with Gasteiger partial charge in [0.15, 0.2) is 0 Å². The van der Waals surface area contributed by atoms with Crippen molar-refractivity contribution in [2.75, 3.05) is 13.2 Å². The molecule has 1 rings (SSSR count). The summed E-state index contributed by atoms with van der Waals surface area (Å²) < 4.78 is 0.736. The molecule has 0 aliphatic rings. The molecule has 0 amide bonds. The van der Waals surface area contributed by atoms with Gasteiger partial charge in [-0.05, 0) is 53.0 Å². The molecule has 4 heteroatoms. The Morgan fingerprint density at radius 2 is 1.88 bits per heavy atom. The number of hydrogen-bond acceptors (Lipinski definition) is 3. The molecular formula is C13H20BrNO2. The molecule has 0 atom stereocenters. The van der Waals surface area contributed by atoms with Crippen LogP contribution in [0.25, 0.3) is 0 Å². The van der Waals surface area contributed by atoms with E-state index in [2.05, 4.69) is 21.2 Å². The zero-order chi connectivity index (χ0) is 12.5. The largest absolute Gasteiger partial charge is 0.507 e. The third-order valence-electron chi connectivity index (χ3n) is 2.60. The molecule has 0 fully saturated rings. The van der Waals surface area contributed by atoms with Crippen molar-refractivity contribution in [3.8, 4) is 5.75 Å². The molecule has 0 aliphatic carbocycles. The second kappa shape index (κ2) is 8.50. The third kappa shape index (κ3) is 6.05. The summed E-state index contributed by atoms with van der Waals surface area (Å²) in [6.45, 7) is 2.11. The van der Waals surface area contributed by atoms with E-state index in [0.29, 0.717) is 6.61 Å². The van der Waals surface area contributed by atoms with E-state index in [4.69, 9.17) is 5.11 Å². The van der Waals surface area contributed by atoms with Gasteiger partial charge in [0.2, 0.25) is 0 Å². The first kappa shape index (κ1) is 14.5. The highest BCUT2D eigenvalue weighted by molar-refractivity contribution is 9.10. The second-order valence-corrected chi connectivity index (χ2v) is 4.95. The van der Waals surface area contributed by atoms with E-state index in [-0.39, 0.29) is 5.75 Å². The SMILES string of the molecule is OCCCCCCNCc1ccc(O)c(Br)c1. The van der Waals surface area contributed by atoms with Crippen molar-refractivity contribution in [2.45, 2.75) is 32.2 Å². The summed E-state index contributed by atoms with van der Waals surface area (Å²) in [7, 11) is 0. The molecule has 1 aromatic rings. The lowest BCUT2D eigenvalue weighted by molar-refractivity contribution is 0.282. The van der Waals surface area contributed by atoms with E-state index in [9.17, 15) is 5.11 Å². The predicted octanol–water partition coefficient (Wildman–Crippen LogP) is 2.80. The summed E-state index contributed by atoms with van der Waals surface area (Å²) in [6, 6.07) is 5.54. The van der Waals surface area contributed by atoms with Crippen LogP contribution in [0.5, 0.6) is 5.75 Å². The van der Waals surface area contributed by atoms with E-state index in [0.717, 1.165) is 48.8 Å². The van der Waals surface area contributed by atoms with E-state index < -0.39 is 0 Å². The van der Waals surface area contributed by atoms with Gasteiger partial charge >= 0.3 is 0 Å². The number of nitrogens with one attached hydrogen (secondary N) is 1. The normalized spacial score (nSPS) is 10.7. The molecule has 1 aromatic carbocycles.